The number of hydrogen-bond donors (Lipinski definition) is 1. The number of rotatable bonds is 3. The molecule has 2 rings (SSSR count). The van der Waals surface area contributed by atoms with Gasteiger partial charge in [0.15, 0.2) is 0 Å². The van der Waals surface area contributed by atoms with Crippen molar-refractivity contribution in [3.05, 3.63) is 29.3 Å². The summed E-state index contributed by atoms with van der Waals surface area (Å²) in [6.07, 6.45) is 1.37. The standard InChI is InChI=1S/C15H19N3O/c1-15(2,10-16)17-9-11-4-6-13-12(8-11)5-7-14(19)18(13)3/h4,6,8,17H,5,7,9H2,1-3H3. The van der Waals surface area contributed by atoms with Gasteiger partial charge >= 0.3 is 0 Å². The van der Waals surface area contributed by atoms with E-state index in [-0.39, 0.29) is 5.91 Å². The maximum Gasteiger partial charge on any atom is 0.227 e. The van der Waals surface area contributed by atoms with Crippen molar-refractivity contribution >= 4 is 11.6 Å². The second kappa shape index (κ2) is 5.02. The number of nitrogens with one attached hydrogen (secondary N) is 1. The van der Waals surface area contributed by atoms with Crippen LogP contribution in [0.5, 0.6) is 0 Å². The molecule has 0 fully saturated rings. The number of nitrogens with zero attached hydrogens (tertiary/aromatic N) is 2. The van der Waals surface area contributed by atoms with Crippen LogP contribution in [-0.4, -0.2) is 18.5 Å². The second-order valence-electron chi connectivity index (χ2n) is 5.51. The first kappa shape index (κ1) is 13.6. The number of fused-ring (bicyclic) bond motifs is 1. The fourth-order valence-corrected chi connectivity index (χ4v) is 2.18. The molecule has 100 valence electrons. The maximum absolute atomic E-state index is 11.6. The van der Waals surface area contributed by atoms with Crippen molar-refractivity contribution in [1.29, 1.82) is 5.26 Å². The number of benzene rings is 1. The van der Waals surface area contributed by atoms with Gasteiger partial charge in [0.2, 0.25) is 5.91 Å². The molecule has 0 aliphatic carbocycles. The Kier molecular flexibility index (Phi) is 3.59. The van der Waals surface area contributed by atoms with Gasteiger partial charge in [0, 0.05) is 25.7 Å². The van der Waals surface area contributed by atoms with E-state index in [0.717, 1.165) is 17.7 Å². The van der Waals surface area contributed by atoms with Gasteiger partial charge in [-0.1, -0.05) is 12.1 Å². The van der Waals surface area contributed by atoms with Crippen molar-refractivity contribution in [3.63, 3.8) is 0 Å². The van der Waals surface area contributed by atoms with Crippen LogP contribution < -0.4 is 10.2 Å². The van der Waals surface area contributed by atoms with E-state index < -0.39 is 5.54 Å². The van der Waals surface area contributed by atoms with Gasteiger partial charge in [0.25, 0.3) is 0 Å². The Labute approximate surface area is 114 Å². The molecule has 0 radical (unpaired) electrons. The Bertz CT molecular complexity index is 543. The van der Waals surface area contributed by atoms with E-state index in [9.17, 15) is 4.79 Å². The van der Waals surface area contributed by atoms with Crippen LogP contribution in [0.2, 0.25) is 0 Å². The average molecular weight is 257 g/mol. The number of amides is 1. The molecule has 0 spiro atoms. The Morgan fingerprint density at radius 1 is 1.42 bits per heavy atom. The molecule has 1 aliphatic heterocycles. The van der Waals surface area contributed by atoms with Gasteiger partial charge in [-0.05, 0) is 37.5 Å². The first-order valence-corrected chi connectivity index (χ1v) is 6.47. The lowest BCUT2D eigenvalue weighted by Crippen LogP contribution is -2.37. The van der Waals surface area contributed by atoms with Gasteiger partial charge in [-0.15, -0.1) is 0 Å². The number of anilines is 1. The summed E-state index contributed by atoms with van der Waals surface area (Å²) in [6, 6.07) is 8.34. The molecular weight excluding hydrogens is 238 g/mol. The van der Waals surface area contributed by atoms with Gasteiger partial charge in [0.05, 0.1) is 6.07 Å². The minimum Gasteiger partial charge on any atom is -0.315 e. The van der Waals surface area contributed by atoms with Crippen LogP contribution in [-0.2, 0) is 17.8 Å². The molecule has 0 saturated carbocycles. The monoisotopic (exact) mass is 257 g/mol. The van der Waals surface area contributed by atoms with Crippen LogP contribution >= 0.6 is 0 Å². The minimum absolute atomic E-state index is 0.170. The van der Waals surface area contributed by atoms with Crippen molar-refractivity contribution in [3.8, 4) is 6.07 Å². The zero-order chi connectivity index (χ0) is 14.0. The number of aryl methyl sites for hydroxylation is 1. The Morgan fingerprint density at radius 2 is 2.16 bits per heavy atom. The van der Waals surface area contributed by atoms with E-state index in [0.29, 0.717) is 13.0 Å². The third-order valence-corrected chi connectivity index (χ3v) is 3.50. The highest BCUT2D eigenvalue weighted by Crippen LogP contribution is 2.27. The molecule has 1 aliphatic rings. The second-order valence-corrected chi connectivity index (χ2v) is 5.51. The number of carbonyl (C=O) groups is 1. The topological polar surface area (TPSA) is 56.1 Å². The van der Waals surface area contributed by atoms with Gasteiger partial charge < -0.3 is 4.90 Å². The van der Waals surface area contributed by atoms with Crippen LogP contribution in [0.25, 0.3) is 0 Å². The Balaban J connectivity index is 2.14. The summed E-state index contributed by atoms with van der Waals surface area (Å²) in [4.78, 5) is 13.3. The summed E-state index contributed by atoms with van der Waals surface area (Å²) in [5, 5.41) is 12.2. The molecule has 0 aromatic heterocycles. The van der Waals surface area contributed by atoms with E-state index in [1.807, 2.05) is 33.0 Å². The third kappa shape index (κ3) is 2.94. The van der Waals surface area contributed by atoms with Crippen LogP contribution in [0.4, 0.5) is 5.69 Å². The number of hydrogen-bond acceptors (Lipinski definition) is 3. The van der Waals surface area contributed by atoms with Gasteiger partial charge in [-0.25, -0.2) is 0 Å². The smallest absolute Gasteiger partial charge is 0.227 e. The predicted octanol–water partition coefficient (Wildman–Crippen LogP) is 1.99. The first-order valence-electron chi connectivity index (χ1n) is 6.47. The summed E-state index contributed by atoms with van der Waals surface area (Å²) in [7, 11) is 1.82. The Hall–Kier alpha value is -1.86. The molecular formula is C15H19N3O. The molecule has 1 N–H and O–H groups in total. The lowest BCUT2D eigenvalue weighted by Gasteiger charge is -2.26. The molecule has 0 bridgehead atoms. The Morgan fingerprint density at radius 3 is 2.84 bits per heavy atom. The summed E-state index contributed by atoms with van der Waals surface area (Å²) >= 11 is 0. The highest BCUT2D eigenvalue weighted by atomic mass is 16.2. The third-order valence-electron chi connectivity index (χ3n) is 3.50. The first-order chi connectivity index (χ1) is 8.93. The lowest BCUT2D eigenvalue weighted by atomic mass is 9.98. The van der Waals surface area contributed by atoms with Gasteiger partial charge in [-0.2, -0.15) is 5.26 Å². The minimum atomic E-state index is -0.525. The molecule has 4 nitrogen and oxygen atoms in total. The molecule has 1 heterocycles. The van der Waals surface area contributed by atoms with Crippen molar-refractivity contribution in [1.82, 2.24) is 5.32 Å². The molecule has 1 aromatic rings. The molecule has 1 aromatic carbocycles. The summed E-state index contributed by atoms with van der Waals surface area (Å²) < 4.78 is 0. The zero-order valence-electron chi connectivity index (χ0n) is 11.7. The van der Waals surface area contributed by atoms with E-state index in [1.165, 1.54) is 5.56 Å². The summed E-state index contributed by atoms with van der Waals surface area (Å²) in [5.41, 5.74) is 2.82. The summed E-state index contributed by atoms with van der Waals surface area (Å²) in [5.74, 6) is 0.170. The summed E-state index contributed by atoms with van der Waals surface area (Å²) in [6.45, 7) is 4.38. The normalized spacial score (nSPS) is 15.1. The van der Waals surface area contributed by atoms with E-state index in [4.69, 9.17) is 5.26 Å². The largest absolute Gasteiger partial charge is 0.315 e. The molecule has 0 atom stereocenters. The molecule has 0 unspecified atom stereocenters. The predicted molar refractivity (Wildman–Crippen MR) is 74.7 cm³/mol. The quantitative estimate of drug-likeness (QED) is 0.901. The lowest BCUT2D eigenvalue weighted by molar-refractivity contribution is -0.118. The highest BCUT2D eigenvalue weighted by molar-refractivity contribution is 5.95. The molecule has 4 heteroatoms. The molecule has 0 saturated heterocycles. The van der Waals surface area contributed by atoms with Gasteiger partial charge in [-0.3, -0.25) is 10.1 Å². The van der Waals surface area contributed by atoms with Gasteiger partial charge in [0.1, 0.15) is 5.54 Å². The maximum atomic E-state index is 11.6. The van der Waals surface area contributed by atoms with Crippen molar-refractivity contribution < 1.29 is 4.79 Å². The average Bonchev–Trinajstić information content (AvgIpc) is 2.41. The fourth-order valence-electron chi connectivity index (χ4n) is 2.18. The van der Waals surface area contributed by atoms with Crippen molar-refractivity contribution in [2.75, 3.05) is 11.9 Å². The number of nitriles is 1. The van der Waals surface area contributed by atoms with Crippen molar-refractivity contribution in [2.24, 2.45) is 0 Å². The zero-order valence-corrected chi connectivity index (χ0v) is 11.7. The SMILES string of the molecule is CN1C(=O)CCc2cc(CNC(C)(C)C#N)ccc21. The van der Waals surface area contributed by atoms with E-state index >= 15 is 0 Å². The van der Waals surface area contributed by atoms with Crippen LogP contribution in [0.1, 0.15) is 31.4 Å². The molecule has 1 amide bonds. The molecule has 19 heavy (non-hydrogen) atoms. The number of carbonyl (C=O) groups excluding carboxylic acids is 1. The highest BCUT2D eigenvalue weighted by Gasteiger charge is 2.21. The van der Waals surface area contributed by atoms with Crippen LogP contribution in [0.15, 0.2) is 18.2 Å². The van der Waals surface area contributed by atoms with E-state index in [1.54, 1.807) is 4.90 Å². The van der Waals surface area contributed by atoms with E-state index in [2.05, 4.69) is 17.5 Å². The fraction of sp³-hybridized carbons (Fsp3) is 0.467. The van der Waals surface area contributed by atoms with Crippen LogP contribution in [0, 0.1) is 11.3 Å². The van der Waals surface area contributed by atoms with Crippen molar-refractivity contribution in [2.45, 2.75) is 38.8 Å². The van der Waals surface area contributed by atoms with Crippen LogP contribution in [0.3, 0.4) is 0 Å².